The molecule has 0 saturated carbocycles. The number of anilines is 1. The highest BCUT2D eigenvalue weighted by atomic mass is 16.5. The highest BCUT2D eigenvalue weighted by molar-refractivity contribution is 5.89. The Balaban J connectivity index is 1.72. The average molecular weight is 251 g/mol. The molecule has 1 aliphatic heterocycles. The second-order valence-electron chi connectivity index (χ2n) is 4.75. The second kappa shape index (κ2) is 6.54. The number of H-pyrrole nitrogens is 1. The Kier molecular flexibility index (Phi) is 4.75. The molecule has 18 heavy (non-hydrogen) atoms. The molecule has 1 saturated heterocycles. The first-order valence-electron chi connectivity index (χ1n) is 6.73. The molecule has 1 amide bonds. The van der Waals surface area contributed by atoms with E-state index in [1.165, 1.54) is 0 Å². The van der Waals surface area contributed by atoms with Gasteiger partial charge in [0.25, 0.3) is 0 Å². The van der Waals surface area contributed by atoms with Crippen LogP contribution in [0.15, 0.2) is 6.07 Å². The Morgan fingerprint density at radius 3 is 3.28 bits per heavy atom. The third kappa shape index (κ3) is 3.84. The molecule has 1 aromatic heterocycles. The summed E-state index contributed by atoms with van der Waals surface area (Å²) >= 11 is 0. The number of carbonyl (C=O) groups is 1. The van der Waals surface area contributed by atoms with Crippen molar-refractivity contribution in [3.05, 3.63) is 11.8 Å². The van der Waals surface area contributed by atoms with Crippen LogP contribution < -0.4 is 5.32 Å². The van der Waals surface area contributed by atoms with Gasteiger partial charge in [-0.3, -0.25) is 9.89 Å². The largest absolute Gasteiger partial charge is 0.378 e. The zero-order chi connectivity index (χ0) is 12.8. The van der Waals surface area contributed by atoms with Crippen molar-refractivity contribution < 1.29 is 9.53 Å². The maximum atomic E-state index is 11.7. The summed E-state index contributed by atoms with van der Waals surface area (Å²) in [5.74, 6) is 0.635. The smallest absolute Gasteiger partial charge is 0.225 e. The maximum Gasteiger partial charge on any atom is 0.225 e. The molecule has 2 rings (SSSR count). The lowest BCUT2D eigenvalue weighted by molar-refractivity contribution is -0.116. The highest BCUT2D eigenvalue weighted by Crippen LogP contribution is 2.17. The van der Waals surface area contributed by atoms with Crippen molar-refractivity contribution in [2.24, 2.45) is 0 Å². The first-order valence-corrected chi connectivity index (χ1v) is 6.73. The van der Waals surface area contributed by atoms with Gasteiger partial charge in [0.15, 0.2) is 5.82 Å². The second-order valence-corrected chi connectivity index (χ2v) is 4.75. The normalized spacial score (nSPS) is 19.1. The Morgan fingerprint density at radius 2 is 2.56 bits per heavy atom. The molecule has 1 aliphatic rings. The van der Waals surface area contributed by atoms with Crippen molar-refractivity contribution in [3.8, 4) is 0 Å². The van der Waals surface area contributed by atoms with E-state index >= 15 is 0 Å². The predicted molar refractivity (Wildman–Crippen MR) is 69.4 cm³/mol. The summed E-state index contributed by atoms with van der Waals surface area (Å²) in [4.78, 5) is 11.7. The lowest BCUT2D eigenvalue weighted by Crippen LogP contribution is -2.15. The molecule has 0 radical (unpaired) electrons. The maximum absolute atomic E-state index is 11.7. The monoisotopic (exact) mass is 251 g/mol. The fourth-order valence-electron chi connectivity index (χ4n) is 2.19. The number of rotatable bonds is 6. The van der Waals surface area contributed by atoms with Gasteiger partial charge < -0.3 is 10.1 Å². The Morgan fingerprint density at radius 1 is 1.67 bits per heavy atom. The van der Waals surface area contributed by atoms with Crippen LogP contribution in [0.3, 0.4) is 0 Å². The standard InChI is InChI=1S/C13H21N3O2/c1-2-4-10-9-12(16-15-10)14-13(17)7-6-11-5-3-8-18-11/h9,11H,2-8H2,1H3,(H2,14,15,16,17). The highest BCUT2D eigenvalue weighted by Gasteiger charge is 2.16. The third-order valence-electron chi connectivity index (χ3n) is 3.14. The van der Waals surface area contributed by atoms with Crippen LogP contribution in [0.2, 0.25) is 0 Å². The molecular formula is C13H21N3O2. The van der Waals surface area contributed by atoms with E-state index in [0.29, 0.717) is 12.2 Å². The van der Waals surface area contributed by atoms with E-state index in [-0.39, 0.29) is 12.0 Å². The van der Waals surface area contributed by atoms with E-state index < -0.39 is 0 Å². The van der Waals surface area contributed by atoms with Crippen molar-refractivity contribution in [2.75, 3.05) is 11.9 Å². The third-order valence-corrected chi connectivity index (χ3v) is 3.14. The van der Waals surface area contributed by atoms with Crippen molar-refractivity contribution in [1.82, 2.24) is 10.2 Å². The zero-order valence-corrected chi connectivity index (χ0v) is 10.9. The SMILES string of the molecule is CCCc1cc(NC(=O)CCC2CCCO2)n[nH]1. The summed E-state index contributed by atoms with van der Waals surface area (Å²) in [6.45, 7) is 2.95. The lowest BCUT2D eigenvalue weighted by atomic mass is 10.1. The van der Waals surface area contributed by atoms with E-state index in [9.17, 15) is 4.79 Å². The van der Waals surface area contributed by atoms with Crippen molar-refractivity contribution in [3.63, 3.8) is 0 Å². The van der Waals surface area contributed by atoms with Gasteiger partial charge >= 0.3 is 0 Å². The minimum absolute atomic E-state index is 0.0139. The molecule has 1 unspecified atom stereocenters. The van der Waals surface area contributed by atoms with Crippen molar-refractivity contribution in [1.29, 1.82) is 0 Å². The van der Waals surface area contributed by atoms with Crippen molar-refractivity contribution in [2.45, 2.75) is 51.6 Å². The van der Waals surface area contributed by atoms with Crippen LogP contribution in [0.4, 0.5) is 5.82 Å². The summed E-state index contributed by atoms with van der Waals surface area (Å²) in [6, 6.07) is 1.90. The van der Waals surface area contributed by atoms with E-state index in [0.717, 1.165) is 44.4 Å². The van der Waals surface area contributed by atoms with E-state index in [1.807, 2.05) is 6.07 Å². The van der Waals surface area contributed by atoms with Gasteiger partial charge in [-0.2, -0.15) is 5.10 Å². The molecule has 1 fully saturated rings. The van der Waals surface area contributed by atoms with Gasteiger partial charge in [0.05, 0.1) is 6.10 Å². The fourth-order valence-corrected chi connectivity index (χ4v) is 2.19. The van der Waals surface area contributed by atoms with Crippen LogP contribution in [-0.4, -0.2) is 28.8 Å². The Hall–Kier alpha value is -1.36. The van der Waals surface area contributed by atoms with Gasteiger partial charge in [-0.25, -0.2) is 0 Å². The number of ether oxygens (including phenoxy) is 1. The van der Waals surface area contributed by atoms with Crippen molar-refractivity contribution >= 4 is 11.7 Å². The van der Waals surface area contributed by atoms with E-state index in [2.05, 4.69) is 22.4 Å². The van der Waals surface area contributed by atoms with Crippen LogP contribution in [0.25, 0.3) is 0 Å². The molecule has 5 nitrogen and oxygen atoms in total. The van der Waals surface area contributed by atoms with Crippen LogP contribution in [0.1, 0.15) is 44.7 Å². The quantitative estimate of drug-likeness (QED) is 0.815. The molecule has 0 aromatic carbocycles. The summed E-state index contributed by atoms with van der Waals surface area (Å²) in [7, 11) is 0. The summed E-state index contributed by atoms with van der Waals surface area (Å²) in [5.41, 5.74) is 1.06. The number of amides is 1. The molecule has 0 aliphatic carbocycles. The number of hydrogen-bond donors (Lipinski definition) is 2. The average Bonchev–Trinajstić information content (AvgIpc) is 2.99. The molecule has 5 heteroatoms. The molecule has 100 valence electrons. The van der Waals surface area contributed by atoms with Crippen LogP contribution in [0.5, 0.6) is 0 Å². The molecule has 2 heterocycles. The molecule has 2 N–H and O–H groups in total. The number of aryl methyl sites for hydroxylation is 1. The van der Waals surface area contributed by atoms with Gasteiger partial charge in [0.1, 0.15) is 0 Å². The van der Waals surface area contributed by atoms with Crippen LogP contribution in [-0.2, 0) is 16.0 Å². The summed E-state index contributed by atoms with van der Waals surface area (Å²) < 4.78 is 5.49. The van der Waals surface area contributed by atoms with Gasteiger partial charge in [-0.15, -0.1) is 0 Å². The number of nitrogens with one attached hydrogen (secondary N) is 2. The van der Waals surface area contributed by atoms with Gasteiger partial charge in [0.2, 0.25) is 5.91 Å². The fraction of sp³-hybridized carbons (Fsp3) is 0.692. The first-order chi connectivity index (χ1) is 8.78. The number of aromatic amines is 1. The molecular weight excluding hydrogens is 230 g/mol. The molecule has 0 bridgehead atoms. The lowest BCUT2D eigenvalue weighted by Gasteiger charge is -2.07. The minimum Gasteiger partial charge on any atom is -0.378 e. The summed E-state index contributed by atoms with van der Waals surface area (Å²) in [6.07, 6.45) is 5.79. The number of nitrogens with zero attached hydrogens (tertiary/aromatic N) is 1. The van der Waals surface area contributed by atoms with Crippen LogP contribution >= 0.6 is 0 Å². The number of aromatic nitrogens is 2. The Bertz CT molecular complexity index is 383. The number of carbonyl (C=O) groups excluding carboxylic acids is 1. The van der Waals surface area contributed by atoms with E-state index in [4.69, 9.17) is 4.74 Å². The van der Waals surface area contributed by atoms with Gasteiger partial charge in [0, 0.05) is 24.8 Å². The van der Waals surface area contributed by atoms with Crippen LogP contribution in [0, 0.1) is 0 Å². The van der Waals surface area contributed by atoms with Gasteiger partial charge in [-0.1, -0.05) is 13.3 Å². The molecule has 0 spiro atoms. The zero-order valence-electron chi connectivity index (χ0n) is 10.9. The first kappa shape index (κ1) is 13.1. The topological polar surface area (TPSA) is 67.0 Å². The van der Waals surface area contributed by atoms with E-state index in [1.54, 1.807) is 0 Å². The summed E-state index contributed by atoms with van der Waals surface area (Å²) in [5, 5.41) is 9.79. The molecule has 1 atom stereocenters. The van der Waals surface area contributed by atoms with Gasteiger partial charge in [-0.05, 0) is 25.7 Å². The minimum atomic E-state index is 0.0139. The molecule has 1 aromatic rings. The Labute approximate surface area is 107 Å². The number of hydrogen-bond acceptors (Lipinski definition) is 3. The predicted octanol–water partition coefficient (Wildman–Crippen LogP) is 2.26.